The normalized spacial score (nSPS) is 13.1. The van der Waals surface area contributed by atoms with Gasteiger partial charge in [-0.15, -0.1) is 24.0 Å². The first kappa shape index (κ1) is 18.1. The van der Waals surface area contributed by atoms with E-state index < -0.39 is 11.6 Å². The first-order valence-electron chi connectivity index (χ1n) is 5.91. The molecule has 6 heteroatoms. The number of aliphatic imine (C=N–C) groups is 1. The molecule has 0 bridgehead atoms. The molecule has 0 aliphatic rings. The van der Waals surface area contributed by atoms with Crippen molar-refractivity contribution < 1.29 is 8.78 Å². The number of halogens is 3. The van der Waals surface area contributed by atoms with Crippen LogP contribution in [0.3, 0.4) is 0 Å². The molecule has 0 heterocycles. The summed E-state index contributed by atoms with van der Waals surface area (Å²) < 4.78 is 26.3. The Morgan fingerprint density at radius 2 is 1.95 bits per heavy atom. The zero-order chi connectivity index (χ0) is 13.7. The lowest BCUT2D eigenvalue weighted by Crippen LogP contribution is -2.37. The summed E-state index contributed by atoms with van der Waals surface area (Å²) in [6.45, 7) is 6.08. The van der Waals surface area contributed by atoms with Crippen LogP contribution in [0.15, 0.2) is 23.2 Å². The summed E-state index contributed by atoms with van der Waals surface area (Å²) in [5, 5.41) is 2.95. The smallest absolute Gasteiger partial charge is 0.188 e. The fourth-order valence-electron chi connectivity index (χ4n) is 1.58. The van der Waals surface area contributed by atoms with Crippen molar-refractivity contribution in [2.45, 2.75) is 32.7 Å². The number of hydrogen-bond donors (Lipinski definition) is 2. The number of guanidine groups is 1. The average molecular weight is 383 g/mol. The van der Waals surface area contributed by atoms with Crippen molar-refractivity contribution in [3.63, 3.8) is 0 Å². The van der Waals surface area contributed by atoms with Crippen molar-refractivity contribution in [1.82, 2.24) is 5.32 Å². The van der Waals surface area contributed by atoms with Crippen molar-refractivity contribution in [2.24, 2.45) is 10.7 Å². The van der Waals surface area contributed by atoms with Crippen LogP contribution in [0.4, 0.5) is 8.78 Å². The summed E-state index contributed by atoms with van der Waals surface area (Å²) >= 11 is 0. The van der Waals surface area contributed by atoms with Crippen LogP contribution in [-0.2, 0) is 0 Å². The molecule has 3 nitrogen and oxygen atoms in total. The Morgan fingerprint density at radius 3 is 2.47 bits per heavy atom. The standard InChI is InChI=1S/C13H19F2N3.HI/c1-8(2)18-13(16)17-7-9(3)11-5-4-10(14)6-12(11)15;/h4-6,8-9H,7H2,1-3H3,(H3,16,17,18);1H. The van der Waals surface area contributed by atoms with Crippen LogP contribution in [0.2, 0.25) is 0 Å². The van der Waals surface area contributed by atoms with Crippen LogP contribution < -0.4 is 11.1 Å². The predicted octanol–water partition coefficient (Wildman–Crippen LogP) is 3.00. The van der Waals surface area contributed by atoms with Crippen LogP contribution in [0, 0.1) is 11.6 Å². The second-order valence-corrected chi connectivity index (χ2v) is 4.59. The van der Waals surface area contributed by atoms with Crippen LogP contribution in [0.1, 0.15) is 32.3 Å². The van der Waals surface area contributed by atoms with E-state index in [-0.39, 0.29) is 35.9 Å². The highest BCUT2D eigenvalue weighted by Crippen LogP contribution is 2.19. The highest BCUT2D eigenvalue weighted by atomic mass is 127. The molecule has 1 aromatic carbocycles. The molecule has 19 heavy (non-hydrogen) atoms. The van der Waals surface area contributed by atoms with E-state index in [1.807, 2.05) is 20.8 Å². The molecular formula is C13H20F2IN3. The van der Waals surface area contributed by atoms with Crippen molar-refractivity contribution in [3.05, 3.63) is 35.4 Å². The number of hydrogen-bond acceptors (Lipinski definition) is 1. The van der Waals surface area contributed by atoms with E-state index in [2.05, 4.69) is 10.3 Å². The summed E-state index contributed by atoms with van der Waals surface area (Å²) in [5.74, 6) is -0.946. The lowest BCUT2D eigenvalue weighted by Gasteiger charge is -2.12. The minimum atomic E-state index is -0.576. The average Bonchev–Trinajstić information content (AvgIpc) is 2.25. The second-order valence-electron chi connectivity index (χ2n) is 4.59. The summed E-state index contributed by atoms with van der Waals surface area (Å²) in [6, 6.07) is 3.77. The summed E-state index contributed by atoms with van der Waals surface area (Å²) in [4.78, 5) is 4.13. The fourth-order valence-corrected chi connectivity index (χ4v) is 1.58. The second kappa shape index (κ2) is 8.29. The van der Waals surface area contributed by atoms with Gasteiger partial charge in [0, 0.05) is 24.6 Å². The van der Waals surface area contributed by atoms with Crippen LogP contribution >= 0.6 is 24.0 Å². The molecule has 1 rings (SSSR count). The largest absolute Gasteiger partial charge is 0.370 e. The Labute approximate surface area is 129 Å². The summed E-state index contributed by atoms with van der Waals surface area (Å²) in [6.07, 6.45) is 0. The van der Waals surface area contributed by atoms with Gasteiger partial charge in [0.1, 0.15) is 11.6 Å². The molecule has 0 saturated carbocycles. The van der Waals surface area contributed by atoms with Gasteiger partial charge >= 0.3 is 0 Å². The van der Waals surface area contributed by atoms with Crippen molar-refractivity contribution in [2.75, 3.05) is 6.54 Å². The van der Waals surface area contributed by atoms with Gasteiger partial charge in [-0.3, -0.25) is 4.99 Å². The Kier molecular flexibility index (Phi) is 7.89. The molecule has 3 N–H and O–H groups in total. The Balaban J connectivity index is 0.00000324. The minimum Gasteiger partial charge on any atom is -0.370 e. The van der Waals surface area contributed by atoms with E-state index in [0.29, 0.717) is 18.1 Å². The van der Waals surface area contributed by atoms with Gasteiger partial charge in [0.15, 0.2) is 5.96 Å². The van der Waals surface area contributed by atoms with Gasteiger partial charge in [-0.1, -0.05) is 13.0 Å². The lowest BCUT2D eigenvalue weighted by molar-refractivity contribution is 0.560. The SMILES string of the molecule is CC(C)NC(N)=NCC(C)c1ccc(F)cc1F.I. The third-order valence-electron chi connectivity index (χ3n) is 2.47. The predicted molar refractivity (Wildman–Crippen MR) is 84.9 cm³/mol. The molecule has 108 valence electrons. The quantitative estimate of drug-likeness (QED) is 0.477. The zero-order valence-electron chi connectivity index (χ0n) is 11.3. The lowest BCUT2D eigenvalue weighted by atomic mass is 10.0. The van der Waals surface area contributed by atoms with Gasteiger partial charge in [0.25, 0.3) is 0 Å². The monoisotopic (exact) mass is 383 g/mol. The molecule has 0 aliphatic carbocycles. The highest BCUT2D eigenvalue weighted by molar-refractivity contribution is 14.0. The molecule has 0 fully saturated rings. The third kappa shape index (κ3) is 6.17. The van der Waals surface area contributed by atoms with Crippen LogP contribution in [0.25, 0.3) is 0 Å². The molecule has 0 saturated heterocycles. The van der Waals surface area contributed by atoms with E-state index in [1.54, 1.807) is 0 Å². The van der Waals surface area contributed by atoms with E-state index in [0.717, 1.165) is 6.07 Å². The number of nitrogens with two attached hydrogens (primary N) is 1. The molecule has 1 unspecified atom stereocenters. The number of nitrogens with one attached hydrogen (secondary N) is 1. The summed E-state index contributed by atoms with van der Waals surface area (Å²) in [7, 11) is 0. The van der Waals surface area contributed by atoms with Crippen LogP contribution in [-0.4, -0.2) is 18.5 Å². The number of benzene rings is 1. The maximum absolute atomic E-state index is 13.5. The first-order valence-corrected chi connectivity index (χ1v) is 5.91. The van der Waals surface area contributed by atoms with Gasteiger partial charge in [-0.25, -0.2) is 8.78 Å². The Bertz CT molecular complexity index is 436. The van der Waals surface area contributed by atoms with E-state index in [4.69, 9.17) is 5.73 Å². The van der Waals surface area contributed by atoms with E-state index >= 15 is 0 Å². The molecule has 0 aromatic heterocycles. The maximum atomic E-state index is 13.5. The van der Waals surface area contributed by atoms with E-state index in [9.17, 15) is 8.78 Å². The molecule has 0 amide bonds. The first-order chi connectivity index (χ1) is 8.40. The molecule has 0 radical (unpaired) electrons. The van der Waals surface area contributed by atoms with Crippen LogP contribution in [0.5, 0.6) is 0 Å². The van der Waals surface area contributed by atoms with E-state index in [1.165, 1.54) is 12.1 Å². The highest BCUT2D eigenvalue weighted by Gasteiger charge is 2.11. The molecule has 1 atom stereocenters. The topological polar surface area (TPSA) is 50.4 Å². The Morgan fingerprint density at radius 1 is 1.32 bits per heavy atom. The summed E-state index contributed by atoms with van der Waals surface area (Å²) in [5.41, 5.74) is 6.09. The third-order valence-corrected chi connectivity index (χ3v) is 2.47. The maximum Gasteiger partial charge on any atom is 0.188 e. The molecule has 0 spiro atoms. The van der Waals surface area contributed by atoms with Crippen molar-refractivity contribution in [1.29, 1.82) is 0 Å². The van der Waals surface area contributed by atoms with Gasteiger partial charge in [0.05, 0.1) is 0 Å². The Hall–Kier alpha value is -0.920. The molecule has 0 aliphatic heterocycles. The zero-order valence-corrected chi connectivity index (χ0v) is 13.6. The van der Waals surface area contributed by atoms with Gasteiger partial charge < -0.3 is 11.1 Å². The van der Waals surface area contributed by atoms with Gasteiger partial charge in [-0.05, 0) is 25.5 Å². The van der Waals surface area contributed by atoms with Gasteiger partial charge in [-0.2, -0.15) is 0 Å². The number of nitrogens with zero attached hydrogens (tertiary/aromatic N) is 1. The minimum absolute atomic E-state index is 0. The van der Waals surface area contributed by atoms with Crippen molar-refractivity contribution in [3.8, 4) is 0 Å². The van der Waals surface area contributed by atoms with Gasteiger partial charge in [0.2, 0.25) is 0 Å². The fraction of sp³-hybridized carbons (Fsp3) is 0.462. The van der Waals surface area contributed by atoms with Crippen molar-refractivity contribution >= 4 is 29.9 Å². The molecular weight excluding hydrogens is 363 g/mol. The molecule has 1 aromatic rings. The number of rotatable bonds is 4.